The minimum Gasteiger partial charge on any atom is -0.452 e. The first kappa shape index (κ1) is 20.3. The predicted octanol–water partition coefficient (Wildman–Crippen LogP) is 1.39. The highest BCUT2D eigenvalue weighted by Crippen LogP contribution is 2.15. The maximum absolute atomic E-state index is 12.3. The van der Waals surface area contributed by atoms with E-state index in [0.717, 1.165) is 11.4 Å². The molecule has 1 heterocycles. The molecule has 0 atom stereocenters. The molecule has 2 amide bonds. The zero-order chi connectivity index (χ0) is 20.0. The van der Waals surface area contributed by atoms with E-state index >= 15 is 0 Å². The van der Waals surface area contributed by atoms with Crippen LogP contribution in [-0.2, 0) is 14.3 Å². The molecule has 0 aliphatic heterocycles. The SMILES string of the molecule is CCNC(=O)CN(CC)C(=O)COC(=O)c1ccc2nc(C)c(C)nc2c1. The van der Waals surface area contributed by atoms with Crippen LogP contribution in [0.5, 0.6) is 0 Å². The molecule has 1 N–H and O–H groups in total. The summed E-state index contributed by atoms with van der Waals surface area (Å²) < 4.78 is 5.11. The summed E-state index contributed by atoms with van der Waals surface area (Å²) in [4.78, 5) is 46.2. The number of aryl methyl sites for hydroxylation is 2. The number of carbonyl (C=O) groups excluding carboxylic acids is 3. The second-order valence-electron chi connectivity index (χ2n) is 6.04. The summed E-state index contributed by atoms with van der Waals surface area (Å²) in [6, 6.07) is 4.87. The van der Waals surface area contributed by atoms with Gasteiger partial charge in [-0.3, -0.25) is 9.59 Å². The molecular formula is C19H24N4O4. The number of fused-ring (bicyclic) bond motifs is 1. The molecule has 0 bridgehead atoms. The summed E-state index contributed by atoms with van der Waals surface area (Å²) >= 11 is 0. The van der Waals surface area contributed by atoms with Gasteiger partial charge in [-0.05, 0) is 45.9 Å². The number of hydrogen-bond donors (Lipinski definition) is 1. The molecule has 0 spiro atoms. The number of amides is 2. The Bertz CT molecular complexity index is 866. The Morgan fingerprint density at radius 1 is 1.07 bits per heavy atom. The number of nitrogens with zero attached hydrogens (tertiary/aromatic N) is 3. The third kappa shape index (κ3) is 5.22. The van der Waals surface area contributed by atoms with Gasteiger partial charge < -0.3 is 15.0 Å². The van der Waals surface area contributed by atoms with Gasteiger partial charge in [-0.2, -0.15) is 0 Å². The average molecular weight is 372 g/mol. The number of carbonyl (C=O) groups is 3. The van der Waals surface area contributed by atoms with Crippen molar-refractivity contribution in [3.63, 3.8) is 0 Å². The maximum atomic E-state index is 12.3. The van der Waals surface area contributed by atoms with Crippen molar-refractivity contribution in [2.24, 2.45) is 0 Å². The van der Waals surface area contributed by atoms with Gasteiger partial charge in [0.1, 0.15) is 0 Å². The first-order chi connectivity index (χ1) is 12.8. The number of ether oxygens (including phenoxy) is 1. The Labute approximate surface area is 157 Å². The third-order valence-electron chi connectivity index (χ3n) is 4.08. The van der Waals surface area contributed by atoms with E-state index < -0.39 is 18.5 Å². The lowest BCUT2D eigenvalue weighted by atomic mass is 10.2. The number of benzene rings is 1. The molecular weight excluding hydrogens is 348 g/mol. The highest BCUT2D eigenvalue weighted by Gasteiger charge is 2.18. The Hall–Kier alpha value is -3.03. The predicted molar refractivity (Wildman–Crippen MR) is 100 cm³/mol. The lowest BCUT2D eigenvalue weighted by Gasteiger charge is -2.20. The molecule has 2 aromatic rings. The smallest absolute Gasteiger partial charge is 0.338 e. The highest BCUT2D eigenvalue weighted by atomic mass is 16.5. The molecule has 1 aromatic heterocycles. The normalized spacial score (nSPS) is 10.5. The van der Waals surface area contributed by atoms with Crippen molar-refractivity contribution in [3.8, 4) is 0 Å². The number of aromatic nitrogens is 2. The van der Waals surface area contributed by atoms with E-state index in [2.05, 4.69) is 15.3 Å². The minimum absolute atomic E-state index is 0.0646. The van der Waals surface area contributed by atoms with Crippen molar-refractivity contribution >= 4 is 28.8 Å². The molecule has 0 aliphatic carbocycles. The van der Waals surface area contributed by atoms with Crippen LogP contribution in [-0.4, -0.2) is 58.9 Å². The van der Waals surface area contributed by atoms with Crippen LogP contribution in [0.1, 0.15) is 35.6 Å². The summed E-state index contributed by atoms with van der Waals surface area (Å²) in [5.74, 6) is -1.30. The quantitative estimate of drug-likeness (QED) is 0.737. The van der Waals surface area contributed by atoms with E-state index in [1.165, 1.54) is 4.90 Å². The molecule has 8 nitrogen and oxygen atoms in total. The number of likely N-dealkylation sites (N-methyl/N-ethyl adjacent to an activating group) is 2. The van der Waals surface area contributed by atoms with E-state index in [4.69, 9.17) is 4.74 Å². The number of esters is 1. The minimum atomic E-state index is -0.626. The fourth-order valence-electron chi connectivity index (χ4n) is 2.46. The molecule has 144 valence electrons. The summed E-state index contributed by atoms with van der Waals surface area (Å²) in [5.41, 5.74) is 3.18. The zero-order valence-corrected chi connectivity index (χ0v) is 16.0. The van der Waals surface area contributed by atoms with Crippen molar-refractivity contribution in [2.45, 2.75) is 27.7 Å². The van der Waals surface area contributed by atoms with Gasteiger partial charge in [0.2, 0.25) is 5.91 Å². The monoisotopic (exact) mass is 372 g/mol. The van der Waals surface area contributed by atoms with E-state index in [9.17, 15) is 14.4 Å². The van der Waals surface area contributed by atoms with E-state index in [1.807, 2.05) is 13.8 Å². The first-order valence-electron chi connectivity index (χ1n) is 8.82. The molecule has 0 fully saturated rings. The fraction of sp³-hybridized carbons (Fsp3) is 0.421. The molecule has 8 heteroatoms. The zero-order valence-electron chi connectivity index (χ0n) is 16.0. The van der Waals surface area contributed by atoms with Crippen LogP contribution in [0.25, 0.3) is 11.0 Å². The Morgan fingerprint density at radius 2 is 1.74 bits per heavy atom. The number of rotatable bonds is 7. The summed E-state index contributed by atoms with van der Waals surface area (Å²) in [6.45, 7) is 7.61. The van der Waals surface area contributed by atoms with Crippen LogP contribution in [0, 0.1) is 13.8 Å². The lowest BCUT2D eigenvalue weighted by molar-refractivity contribution is -0.138. The third-order valence-corrected chi connectivity index (χ3v) is 4.08. The number of nitrogens with one attached hydrogen (secondary N) is 1. The fourth-order valence-corrected chi connectivity index (χ4v) is 2.46. The van der Waals surface area contributed by atoms with Gasteiger partial charge in [0.25, 0.3) is 5.91 Å². The molecule has 0 saturated carbocycles. The topological polar surface area (TPSA) is 101 Å². The van der Waals surface area contributed by atoms with Crippen molar-refractivity contribution < 1.29 is 19.1 Å². The van der Waals surface area contributed by atoms with Crippen molar-refractivity contribution in [3.05, 3.63) is 35.2 Å². The van der Waals surface area contributed by atoms with Crippen LogP contribution in [0.4, 0.5) is 0 Å². The second-order valence-corrected chi connectivity index (χ2v) is 6.04. The van der Waals surface area contributed by atoms with Crippen molar-refractivity contribution in [1.82, 2.24) is 20.2 Å². The summed E-state index contributed by atoms with van der Waals surface area (Å²) in [5, 5.41) is 2.63. The molecule has 0 aliphatic rings. The molecule has 1 aromatic carbocycles. The standard InChI is InChI=1S/C19H24N4O4/c1-5-20-17(24)10-23(6-2)18(25)11-27-19(26)14-7-8-15-16(9-14)22-13(4)12(3)21-15/h7-9H,5-6,10-11H2,1-4H3,(H,20,24). The lowest BCUT2D eigenvalue weighted by Crippen LogP contribution is -2.42. The van der Waals surface area contributed by atoms with Gasteiger partial charge in [0.15, 0.2) is 6.61 Å². The molecule has 2 rings (SSSR count). The maximum Gasteiger partial charge on any atom is 0.338 e. The molecule has 0 saturated heterocycles. The Balaban J connectivity index is 2.02. The van der Waals surface area contributed by atoms with Gasteiger partial charge in [0, 0.05) is 13.1 Å². The summed E-state index contributed by atoms with van der Waals surface area (Å²) in [7, 11) is 0. The van der Waals surface area contributed by atoms with Crippen LogP contribution in [0.2, 0.25) is 0 Å². The van der Waals surface area contributed by atoms with Gasteiger partial charge in [-0.25, -0.2) is 14.8 Å². The Kier molecular flexibility index (Phi) is 6.81. The van der Waals surface area contributed by atoms with Crippen LogP contribution in [0.15, 0.2) is 18.2 Å². The first-order valence-corrected chi connectivity index (χ1v) is 8.82. The van der Waals surface area contributed by atoms with Gasteiger partial charge >= 0.3 is 5.97 Å². The van der Waals surface area contributed by atoms with Crippen LogP contribution < -0.4 is 5.32 Å². The van der Waals surface area contributed by atoms with Gasteiger partial charge in [0.05, 0.1) is 34.5 Å². The molecule has 0 radical (unpaired) electrons. The van der Waals surface area contributed by atoms with E-state index in [-0.39, 0.29) is 12.5 Å². The average Bonchev–Trinajstić information content (AvgIpc) is 2.64. The largest absolute Gasteiger partial charge is 0.452 e. The van der Waals surface area contributed by atoms with E-state index in [1.54, 1.807) is 32.0 Å². The van der Waals surface area contributed by atoms with Gasteiger partial charge in [-0.1, -0.05) is 0 Å². The van der Waals surface area contributed by atoms with E-state index in [0.29, 0.717) is 29.7 Å². The van der Waals surface area contributed by atoms with Crippen molar-refractivity contribution in [1.29, 1.82) is 0 Å². The van der Waals surface area contributed by atoms with Crippen LogP contribution in [0.3, 0.4) is 0 Å². The second kappa shape index (κ2) is 9.07. The number of hydrogen-bond acceptors (Lipinski definition) is 6. The van der Waals surface area contributed by atoms with Crippen LogP contribution >= 0.6 is 0 Å². The van der Waals surface area contributed by atoms with Gasteiger partial charge in [-0.15, -0.1) is 0 Å². The highest BCUT2D eigenvalue weighted by molar-refractivity contribution is 5.95. The summed E-state index contributed by atoms with van der Waals surface area (Å²) in [6.07, 6.45) is 0. The Morgan fingerprint density at radius 3 is 2.37 bits per heavy atom. The molecule has 0 unspecified atom stereocenters. The molecule has 27 heavy (non-hydrogen) atoms. The van der Waals surface area contributed by atoms with Crippen molar-refractivity contribution in [2.75, 3.05) is 26.2 Å².